The standard InChI is InChI=1S/C9H9N4O/c1-11-8-6-4-2-3-5-7(6)13(12-8)9(10)14/h2,4-5H,1H3,(H2,10,14)(H,11,12). The van der Waals surface area contributed by atoms with E-state index >= 15 is 0 Å². The van der Waals surface area contributed by atoms with Gasteiger partial charge in [-0.1, -0.05) is 6.07 Å². The Morgan fingerprint density at radius 2 is 2.50 bits per heavy atom. The molecular formula is C9H9N4O. The molecule has 14 heavy (non-hydrogen) atoms. The molecule has 0 aliphatic rings. The van der Waals surface area contributed by atoms with Crippen LogP contribution >= 0.6 is 0 Å². The molecule has 0 aliphatic carbocycles. The molecule has 0 unspecified atom stereocenters. The molecule has 3 N–H and O–H groups in total. The third-order valence-corrected chi connectivity index (χ3v) is 1.97. The lowest BCUT2D eigenvalue weighted by molar-refractivity contribution is 0.248. The fourth-order valence-corrected chi connectivity index (χ4v) is 1.36. The van der Waals surface area contributed by atoms with Crippen molar-refractivity contribution in [1.29, 1.82) is 0 Å². The summed E-state index contributed by atoms with van der Waals surface area (Å²) in [5, 5.41) is 7.76. The number of amides is 1. The first-order chi connectivity index (χ1) is 6.74. The van der Waals surface area contributed by atoms with Gasteiger partial charge >= 0.3 is 6.03 Å². The second-order valence-corrected chi connectivity index (χ2v) is 2.79. The van der Waals surface area contributed by atoms with Crippen molar-refractivity contribution in [3.8, 4) is 0 Å². The largest absolute Gasteiger partial charge is 0.371 e. The van der Waals surface area contributed by atoms with Crippen LogP contribution in [0.25, 0.3) is 10.9 Å². The normalized spacial score (nSPS) is 10.4. The molecule has 0 spiro atoms. The molecule has 1 radical (unpaired) electrons. The number of rotatable bonds is 1. The number of hydrogen-bond acceptors (Lipinski definition) is 3. The van der Waals surface area contributed by atoms with Crippen LogP contribution in [0.15, 0.2) is 18.2 Å². The van der Waals surface area contributed by atoms with Crippen LogP contribution in [0.3, 0.4) is 0 Å². The van der Waals surface area contributed by atoms with Crippen molar-refractivity contribution in [3.05, 3.63) is 24.3 Å². The molecule has 1 amide bonds. The summed E-state index contributed by atoms with van der Waals surface area (Å²) in [5.41, 5.74) is 5.82. The number of nitrogens with zero attached hydrogens (tertiary/aromatic N) is 2. The highest BCUT2D eigenvalue weighted by atomic mass is 16.2. The van der Waals surface area contributed by atoms with E-state index in [4.69, 9.17) is 5.73 Å². The van der Waals surface area contributed by atoms with E-state index in [1.54, 1.807) is 19.2 Å². The van der Waals surface area contributed by atoms with Gasteiger partial charge in [0.1, 0.15) is 0 Å². The molecule has 1 aromatic carbocycles. The molecule has 0 fully saturated rings. The number of nitrogens with one attached hydrogen (secondary N) is 1. The van der Waals surface area contributed by atoms with Gasteiger partial charge in [-0.2, -0.15) is 4.68 Å². The number of hydrogen-bond donors (Lipinski definition) is 2. The Morgan fingerprint density at radius 1 is 1.71 bits per heavy atom. The molecule has 0 bridgehead atoms. The minimum absolute atomic E-state index is 0.601. The maximum absolute atomic E-state index is 11.0. The fraction of sp³-hybridized carbons (Fsp3) is 0.111. The van der Waals surface area contributed by atoms with E-state index in [0.29, 0.717) is 11.3 Å². The molecule has 2 aromatic rings. The van der Waals surface area contributed by atoms with Gasteiger partial charge in [0.2, 0.25) is 0 Å². The second-order valence-electron chi connectivity index (χ2n) is 2.79. The Balaban J connectivity index is 2.80. The van der Waals surface area contributed by atoms with Crippen LogP contribution in [-0.4, -0.2) is 22.9 Å². The minimum Gasteiger partial charge on any atom is -0.371 e. The predicted molar refractivity (Wildman–Crippen MR) is 53.1 cm³/mol. The van der Waals surface area contributed by atoms with Gasteiger partial charge in [0.15, 0.2) is 5.82 Å². The summed E-state index contributed by atoms with van der Waals surface area (Å²) in [6.45, 7) is 0. The van der Waals surface area contributed by atoms with Crippen molar-refractivity contribution in [3.63, 3.8) is 0 Å². The van der Waals surface area contributed by atoms with Crippen LogP contribution in [0, 0.1) is 6.07 Å². The topological polar surface area (TPSA) is 72.9 Å². The number of anilines is 1. The van der Waals surface area contributed by atoms with Crippen LogP contribution in [0.1, 0.15) is 0 Å². The van der Waals surface area contributed by atoms with Crippen LogP contribution in [0.2, 0.25) is 0 Å². The zero-order chi connectivity index (χ0) is 10.1. The van der Waals surface area contributed by atoms with Crippen molar-refractivity contribution in [2.45, 2.75) is 0 Å². The molecule has 1 heterocycles. The van der Waals surface area contributed by atoms with E-state index in [0.717, 1.165) is 10.1 Å². The van der Waals surface area contributed by atoms with Gasteiger partial charge in [0.25, 0.3) is 0 Å². The van der Waals surface area contributed by atoms with Gasteiger partial charge < -0.3 is 11.1 Å². The smallest absolute Gasteiger partial charge is 0.340 e. The highest BCUT2D eigenvalue weighted by molar-refractivity contribution is 5.96. The first-order valence-electron chi connectivity index (χ1n) is 4.10. The number of aromatic nitrogens is 2. The summed E-state index contributed by atoms with van der Waals surface area (Å²) in [7, 11) is 1.74. The summed E-state index contributed by atoms with van der Waals surface area (Å²) in [4.78, 5) is 11.0. The molecule has 1 aromatic heterocycles. The van der Waals surface area contributed by atoms with E-state index in [9.17, 15) is 4.79 Å². The fourth-order valence-electron chi connectivity index (χ4n) is 1.36. The number of primary amides is 1. The van der Waals surface area contributed by atoms with E-state index in [1.807, 2.05) is 6.07 Å². The van der Waals surface area contributed by atoms with E-state index in [1.165, 1.54) is 0 Å². The molecule has 71 valence electrons. The molecule has 5 heteroatoms. The Bertz CT molecular complexity index is 489. The summed E-state index contributed by atoms with van der Waals surface area (Å²) in [6.07, 6.45) is 0. The van der Waals surface area contributed by atoms with Crippen molar-refractivity contribution >= 4 is 22.8 Å². The number of fused-ring (bicyclic) bond motifs is 1. The van der Waals surface area contributed by atoms with Crippen molar-refractivity contribution in [2.24, 2.45) is 5.73 Å². The maximum atomic E-state index is 11.0. The lowest BCUT2D eigenvalue weighted by Gasteiger charge is -1.93. The van der Waals surface area contributed by atoms with Crippen LogP contribution in [-0.2, 0) is 0 Å². The highest BCUT2D eigenvalue weighted by Crippen LogP contribution is 2.21. The quantitative estimate of drug-likeness (QED) is 0.697. The maximum Gasteiger partial charge on any atom is 0.340 e. The second kappa shape index (κ2) is 3.02. The van der Waals surface area contributed by atoms with Crippen molar-refractivity contribution in [2.75, 3.05) is 12.4 Å². The van der Waals surface area contributed by atoms with Gasteiger partial charge in [-0.15, -0.1) is 5.10 Å². The Morgan fingerprint density at radius 3 is 3.14 bits per heavy atom. The van der Waals surface area contributed by atoms with Gasteiger partial charge in [-0.25, -0.2) is 4.79 Å². The summed E-state index contributed by atoms with van der Waals surface area (Å²) >= 11 is 0. The first kappa shape index (κ1) is 8.55. The van der Waals surface area contributed by atoms with Crippen molar-refractivity contribution in [1.82, 2.24) is 9.78 Å². The van der Waals surface area contributed by atoms with Gasteiger partial charge in [0, 0.05) is 12.4 Å². The number of carbonyl (C=O) groups excluding carboxylic acids is 1. The van der Waals surface area contributed by atoms with Gasteiger partial charge in [-0.3, -0.25) is 0 Å². The lowest BCUT2D eigenvalue weighted by Crippen LogP contribution is -2.20. The molecular weight excluding hydrogens is 180 g/mol. The van der Waals surface area contributed by atoms with Crippen LogP contribution in [0.4, 0.5) is 10.6 Å². The van der Waals surface area contributed by atoms with E-state index in [-0.39, 0.29) is 0 Å². The molecule has 0 atom stereocenters. The average Bonchev–Trinajstić information content (AvgIpc) is 2.56. The van der Waals surface area contributed by atoms with E-state index in [2.05, 4.69) is 16.5 Å². The molecule has 0 aliphatic heterocycles. The molecule has 0 saturated carbocycles. The number of carbonyl (C=O) groups is 1. The zero-order valence-electron chi connectivity index (χ0n) is 7.61. The minimum atomic E-state index is -0.601. The molecule has 2 rings (SSSR count). The van der Waals surface area contributed by atoms with E-state index < -0.39 is 6.03 Å². The summed E-state index contributed by atoms with van der Waals surface area (Å²) in [6, 6.07) is 7.53. The monoisotopic (exact) mass is 189 g/mol. The Labute approximate surface area is 80.5 Å². The molecule has 5 nitrogen and oxygen atoms in total. The van der Waals surface area contributed by atoms with Crippen LogP contribution in [0.5, 0.6) is 0 Å². The SMILES string of the molecule is CNc1nn(C(N)=O)c2c[c]ccc12. The molecule has 0 saturated heterocycles. The summed E-state index contributed by atoms with van der Waals surface area (Å²) < 4.78 is 1.15. The third kappa shape index (κ3) is 1.10. The lowest BCUT2D eigenvalue weighted by atomic mass is 10.2. The summed E-state index contributed by atoms with van der Waals surface area (Å²) in [5.74, 6) is 0.632. The third-order valence-electron chi connectivity index (χ3n) is 1.97. The van der Waals surface area contributed by atoms with Crippen LogP contribution < -0.4 is 11.1 Å². The van der Waals surface area contributed by atoms with Gasteiger partial charge in [-0.05, 0) is 18.2 Å². The predicted octanol–water partition coefficient (Wildman–Crippen LogP) is 0.805. The van der Waals surface area contributed by atoms with Crippen molar-refractivity contribution < 1.29 is 4.79 Å². The number of benzene rings is 1. The average molecular weight is 189 g/mol. The number of nitrogens with two attached hydrogens (primary N) is 1. The first-order valence-corrected chi connectivity index (χ1v) is 4.10. The Hall–Kier alpha value is -2.04. The zero-order valence-corrected chi connectivity index (χ0v) is 7.61. The van der Waals surface area contributed by atoms with Gasteiger partial charge in [0.05, 0.1) is 5.52 Å². The Kier molecular flexibility index (Phi) is 1.85. The highest BCUT2D eigenvalue weighted by Gasteiger charge is 2.11.